The lowest BCUT2D eigenvalue weighted by atomic mass is 9.76. The van der Waals surface area contributed by atoms with E-state index in [2.05, 4.69) is 5.32 Å². The van der Waals surface area contributed by atoms with Gasteiger partial charge >= 0.3 is 5.97 Å². The van der Waals surface area contributed by atoms with E-state index in [1.807, 2.05) is 52.9 Å². The average molecular weight is 795 g/mol. The molecule has 0 spiro atoms. The first-order valence-electron chi connectivity index (χ1n) is 19.7. The SMILES string of the molecule is CC[C@H]1OC(=O)[C@H](C)[C@@H](O[C@H]2C[C@@](C)(OC)[C@@](O)(CSC)[C@H](C)O2)[C@H](C)[C@@H](O[C@@H]2O[C@H](C)C[C@H](N(C)C)[C@H]2O)[C@](C)(O)C[C@@H](C)CN[C@H](C)[C@@H](O)[C@]1(C)O. The molecule has 0 unspecified atom stereocenters. The number of likely N-dealkylation sites (N-methyl/N-ethyl adjacent to an activating group) is 1. The summed E-state index contributed by atoms with van der Waals surface area (Å²) in [5.74, 6) is -2.29. The molecule has 0 bridgehead atoms. The number of esters is 1. The van der Waals surface area contributed by atoms with Gasteiger partial charge < -0.3 is 64.2 Å². The highest BCUT2D eigenvalue weighted by molar-refractivity contribution is 7.98. The summed E-state index contributed by atoms with van der Waals surface area (Å²) < 4.78 is 38.1. The molecule has 3 aliphatic heterocycles. The number of carbonyl (C=O) groups is 1. The molecule has 18 atom stereocenters. The predicted molar refractivity (Wildman–Crippen MR) is 207 cm³/mol. The van der Waals surface area contributed by atoms with E-state index in [-0.39, 0.29) is 37.3 Å². The van der Waals surface area contributed by atoms with E-state index in [0.717, 1.165) is 0 Å². The van der Waals surface area contributed by atoms with Crippen molar-refractivity contribution < 1.29 is 58.7 Å². The van der Waals surface area contributed by atoms with Crippen molar-refractivity contribution >= 4 is 17.7 Å². The van der Waals surface area contributed by atoms with Gasteiger partial charge in [0.2, 0.25) is 0 Å². The third kappa shape index (κ3) is 10.3. The zero-order chi connectivity index (χ0) is 41.1. The largest absolute Gasteiger partial charge is 0.459 e. The molecule has 0 aromatic carbocycles. The molecule has 0 aromatic rings. The summed E-state index contributed by atoms with van der Waals surface area (Å²) in [6, 6.07) is -0.869. The third-order valence-electron chi connectivity index (χ3n) is 12.6. The number of ether oxygens (including phenoxy) is 6. The van der Waals surface area contributed by atoms with Crippen LogP contribution in [0.1, 0.15) is 94.9 Å². The van der Waals surface area contributed by atoms with Crippen LogP contribution in [-0.4, -0.2) is 166 Å². The molecular weight excluding hydrogens is 720 g/mol. The van der Waals surface area contributed by atoms with Gasteiger partial charge in [-0.15, -0.1) is 0 Å². The number of aliphatic hydroxyl groups is 5. The van der Waals surface area contributed by atoms with Gasteiger partial charge in [-0.1, -0.05) is 20.8 Å². The summed E-state index contributed by atoms with van der Waals surface area (Å²) in [4.78, 5) is 16.2. The number of carbonyl (C=O) groups excluding carboxylic acids is 1. The summed E-state index contributed by atoms with van der Waals surface area (Å²) in [5, 5.41) is 62.2. The molecule has 54 heavy (non-hydrogen) atoms. The van der Waals surface area contributed by atoms with Gasteiger partial charge in [-0.2, -0.15) is 11.8 Å². The van der Waals surface area contributed by atoms with Crippen LogP contribution in [0.15, 0.2) is 0 Å². The lowest BCUT2D eigenvalue weighted by molar-refractivity contribution is -0.333. The molecule has 15 heteroatoms. The van der Waals surface area contributed by atoms with E-state index in [1.165, 1.54) is 25.8 Å². The maximum Gasteiger partial charge on any atom is 0.311 e. The van der Waals surface area contributed by atoms with Gasteiger partial charge in [0.1, 0.15) is 35.1 Å². The first kappa shape index (κ1) is 47.7. The molecule has 3 saturated heterocycles. The topological polar surface area (TPSA) is 189 Å². The lowest BCUT2D eigenvalue weighted by Crippen LogP contribution is -2.68. The second-order valence-corrected chi connectivity index (χ2v) is 18.3. The minimum Gasteiger partial charge on any atom is -0.459 e. The quantitative estimate of drug-likeness (QED) is 0.187. The number of methoxy groups -OCH3 is 1. The first-order chi connectivity index (χ1) is 24.9. The Bertz CT molecular complexity index is 1200. The molecule has 318 valence electrons. The Balaban J connectivity index is 2.17. The fourth-order valence-electron chi connectivity index (χ4n) is 8.91. The molecule has 0 saturated carbocycles. The minimum absolute atomic E-state index is 0.114. The molecule has 0 aromatic heterocycles. The van der Waals surface area contributed by atoms with Crippen LogP contribution in [0, 0.1) is 17.8 Å². The number of aliphatic hydroxyl groups excluding tert-OH is 2. The smallest absolute Gasteiger partial charge is 0.311 e. The van der Waals surface area contributed by atoms with Crippen LogP contribution in [0.3, 0.4) is 0 Å². The Hall–Kier alpha value is -0.660. The highest BCUT2D eigenvalue weighted by Gasteiger charge is 2.58. The molecule has 14 nitrogen and oxygen atoms in total. The Labute approximate surface area is 328 Å². The summed E-state index contributed by atoms with van der Waals surface area (Å²) in [6.45, 7) is 18.0. The van der Waals surface area contributed by atoms with E-state index in [1.54, 1.807) is 34.6 Å². The van der Waals surface area contributed by atoms with Gasteiger partial charge in [-0.3, -0.25) is 4.79 Å². The highest BCUT2D eigenvalue weighted by Crippen LogP contribution is 2.44. The Morgan fingerprint density at radius 2 is 1.61 bits per heavy atom. The maximum atomic E-state index is 14.3. The molecular formula is C39H74N2O12S. The van der Waals surface area contributed by atoms with Gasteiger partial charge in [0, 0.05) is 37.3 Å². The molecule has 0 aliphatic carbocycles. The average Bonchev–Trinajstić information content (AvgIpc) is 3.09. The molecule has 0 amide bonds. The third-order valence-corrected chi connectivity index (χ3v) is 13.3. The second kappa shape index (κ2) is 18.9. The van der Waals surface area contributed by atoms with E-state index in [9.17, 15) is 30.3 Å². The Morgan fingerprint density at radius 3 is 2.17 bits per heavy atom. The van der Waals surface area contributed by atoms with Crippen LogP contribution in [0.25, 0.3) is 0 Å². The van der Waals surface area contributed by atoms with Gasteiger partial charge in [0.25, 0.3) is 0 Å². The van der Waals surface area contributed by atoms with Crippen LogP contribution in [0.2, 0.25) is 0 Å². The monoisotopic (exact) mass is 794 g/mol. The number of rotatable bonds is 9. The van der Waals surface area contributed by atoms with E-state index >= 15 is 0 Å². The zero-order valence-electron chi connectivity index (χ0n) is 35.3. The van der Waals surface area contributed by atoms with Crippen molar-refractivity contribution in [2.24, 2.45) is 17.8 Å². The number of hydrogen-bond donors (Lipinski definition) is 6. The fourth-order valence-corrected chi connectivity index (χ4v) is 9.89. The molecule has 6 N–H and O–H groups in total. The van der Waals surface area contributed by atoms with Crippen molar-refractivity contribution in [3.8, 4) is 0 Å². The summed E-state index contributed by atoms with van der Waals surface area (Å²) in [5.41, 5.74) is -5.82. The van der Waals surface area contributed by atoms with Crippen LogP contribution >= 0.6 is 11.8 Å². The first-order valence-corrected chi connectivity index (χ1v) is 21.1. The van der Waals surface area contributed by atoms with Crippen molar-refractivity contribution in [3.63, 3.8) is 0 Å². The van der Waals surface area contributed by atoms with Crippen LogP contribution < -0.4 is 5.32 Å². The number of nitrogens with zero attached hydrogens (tertiary/aromatic N) is 1. The summed E-state index contributed by atoms with van der Waals surface area (Å²) >= 11 is 1.47. The van der Waals surface area contributed by atoms with Crippen molar-refractivity contribution in [3.05, 3.63) is 0 Å². The fraction of sp³-hybridized carbons (Fsp3) is 0.974. The Morgan fingerprint density at radius 1 is 0.981 bits per heavy atom. The van der Waals surface area contributed by atoms with Crippen LogP contribution in [0.5, 0.6) is 0 Å². The van der Waals surface area contributed by atoms with Crippen LogP contribution in [0.4, 0.5) is 0 Å². The van der Waals surface area contributed by atoms with Crippen molar-refractivity contribution in [1.29, 1.82) is 0 Å². The number of hydrogen-bond acceptors (Lipinski definition) is 15. The lowest BCUT2D eigenvalue weighted by Gasteiger charge is -2.53. The molecule has 3 aliphatic rings. The van der Waals surface area contributed by atoms with Crippen molar-refractivity contribution in [2.75, 3.05) is 39.8 Å². The summed E-state index contributed by atoms with van der Waals surface area (Å²) in [6.07, 6.45) is -5.55. The normalized spacial score (nSPS) is 49.2. The minimum atomic E-state index is -1.81. The van der Waals surface area contributed by atoms with Gasteiger partial charge in [-0.25, -0.2) is 0 Å². The zero-order valence-corrected chi connectivity index (χ0v) is 36.1. The van der Waals surface area contributed by atoms with E-state index in [4.69, 9.17) is 28.4 Å². The van der Waals surface area contributed by atoms with Gasteiger partial charge in [0.15, 0.2) is 12.6 Å². The molecule has 3 heterocycles. The van der Waals surface area contributed by atoms with E-state index < -0.39 is 95.5 Å². The van der Waals surface area contributed by atoms with Gasteiger partial charge in [-0.05, 0) is 101 Å². The Kier molecular flexibility index (Phi) is 16.7. The molecule has 3 rings (SSSR count). The summed E-state index contributed by atoms with van der Waals surface area (Å²) in [7, 11) is 5.30. The predicted octanol–water partition coefficient (Wildman–Crippen LogP) is 2.29. The maximum absolute atomic E-state index is 14.3. The molecule has 0 radical (unpaired) electrons. The molecule has 3 fully saturated rings. The number of nitrogens with one attached hydrogen (secondary N) is 1. The van der Waals surface area contributed by atoms with Crippen LogP contribution in [-0.2, 0) is 33.2 Å². The second-order valence-electron chi connectivity index (χ2n) is 17.4. The highest BCUT2D eigenvalue weighted by atomic mass is 32.2. The standard InChI is InChI=1S/C39H74N2O12S/c1-15-28-38(10,46)32(43)25(6)40-19-21(2)17-36(8,45)33(53-35-30(42)27(41(11)12)16-22(3)49-35)23(4)31(24(5)34(44)51-28)52-29-18-37(9,48-13)39(47,20-54-14)26(7)50-29/h21-33,35,40,42-43,45-47H,15-20H2,1-14H3/t21-,22-,23+,24-,25-,26+,27+,28-,29+,30-,31+,32-,33-,35+,36-,37-,38-,39-/m1/s1. The number of thioether (sulfide) groups is 1. The van der Waals surface area contributed by atoms with E-state index in [0.29, 0.717) is 18.7 Å². The number of cyclic esters (lactones) is 1. The van der Waals surface area contributed by atoms with Gasteiger partial charge in [0.05, 0.1) is 35.9 Å². The van der Waals surface area contributed by atoms with Crippen molar-refractivity contribution in [1.82, 2.24) is 10.2 Å². The van der Waals surface area contributed by atoms with Crippen molar-refractivity contribution in [2.45, 2.75) is 185 Å².